The molecule has 0 aromatic carbocycles. The second-order valence-electron chi connectivity index (χ2n) is 4.99. The number of hydrogen-bond acceptors (Lipinski definition) is 4. The van der Waals surface area contributed by atoms with Crippen LogP contribution in [0.15, 0.2) is 23.4 Å². The average Bonchev–Trinajstić information content (AvgIpc) is 2.36. The molecule has 0 bridgehead atoms. The number of pyridine rings is 1. The number of carbonyl (C=O) groups is 1. The zero-order valence-corrected chi connectivity index (χ0v) is 12.5. The van der Waals surface area contributed by atoms with Crippen LogP contribution in [0.1, 0.15) is 30.1 Å². The molecule has 1 saturated heterocycles. The van der Waals surface area contributed by atoms with E-state index in [4.69, 9.17) is 10.7 Å². The number of nitrogens with zero attached hydrogens (tertiary/aromatic N) is 2. The molecule has 1 aliphatic rings. The third-order valence-corrected chi connectivity index (χ3v) is 4.62. The quantitative estimate of drug-likeness (QED) is 0.465. The van der Waals surface area contributed by atoms with Crippen molar-refractivity contribution in [1.29, 1.82) is 0 Å². The number of hydrogen-bond donors (Lipinski definition) is 0. The maximum absolute atomic E-state index is 12.4. The van der Waals surface area contributed by atoms with Gasteiger partial charge in [0.05, 0.1) is 0 Å². The van der Waals surface area contributed by atoms with Crippen LogP contribution in [0.4, 0.5) is 0 Å². The van der Waals surface area contributed by atoms with Crippen LogP contribution in [0.25, 0.3) is 0 Å². The maximum atomic E-state index is 12.4. The molecular formula is C12H15ClN2O4S. The van der Waals surface area contributed by atoms with Crippen LogP contribution < -0.4 is 4.73 Å². The van der Waals surface area contributed by atoms with Crippen molar-refractivity contribution in [3.63, 3.8) is 0 Å². The Kier molecular flexibility index (Phi) is 4.19. The molecule has 1 fully saturated rings. The summed E-state index contributed by atoms with van der Waals surface area (Å²) in [7, 11) is 0.975. The summed E-state index contributed by atoms with van der Waals surface area (Å²) in [6.07, 6.45) is 2.89. The van der Waals surface area contributed by atoms with Gasteiger partial charge in [0.2, 0.25) is 0 Å². The van der Waals surface area contributed by atoms with E-state index in [0.717, 1.165) is 19.0 Å². The molecule has 0 N–H and O–H groups in total. The number of likely N-dealkylation sites (tertiary alicyclic amines) is 1. The second kappa shape index (κ2) is 5.57. The van der Waals surface area contributed by atoms with Gasteiger partial charge in [-0.15, -0.1) is 0 Å². The predicted molar refractivity (Wildman–Crippen MR) is 72.7 cm³/mol. The van der Waals surface area contributed by atoms with Crippen LogP contribution in [0, 0.1) is 11.1 Å². The number of piperidine rings is 1. The SMILES string of the molecule is CC1CCCN(C(=O)c2ccc[n+]([O-])c2S(=O)(=O)Cl)C1. The highest BCUT2D eigenvalue weighted by molar-refractivity contribution is 8.13. The minimum Gasteiger partial charge on any atom is -0.618 e. The summed E-state index contributed by atoms with van der Waals surface area (Å²) in [5.74, 6) is -0.118. The zero-order chi connectivity index (χ0) is 14.9. The Morgan fingerprint density at radius 3 is 2.85 bits per heavy atom. The van der Waals surface area contributed by atoms with Crippen molar-refractivity contribution in [2.24, 2.45) is 5.92 Å². The molecule has 110 valence electrons. The molecule has 1 unspecified atom stereocenters. The fourth-order valence-electron chi connectivity index (χ4n) is 2.42. The predicted octanol–water partition coefficient (Wildman–Crippen LogP) is 1.12. The highest BCUT2D eigenvalue weighted by atomic mass is 35.7. The monoisotopic (exact) mass is 318 g/mol. The van der Waals surface area contributed by atoms with Gasteiger partial charge in [-0.1, -0.05) is 6.92 Å². The standard InChI is InChI=1S/C12H15ClN2O4S/c1-9-4-2-6-14(8-9)11(16)10-5-3-7-15(17)12(10)20(13,18)19/h3,5,7,9H,2,4,6,8H2,1H3. The molecule has 0 radical (unpaired) electrons. The van der Waals surface area contributed by atoms with Crippen LogP contribution in [-0.4, -0.2) is 32.3 Å². The molecule has 20 heavy (non-hydrogen) atoms. The summed E-state index contributed by atoms with van der Waals surface area (Å²) in [6.45, 7) is 3.13. The van der Waals surface area contributed by atoms with Gasteiger partial charge in [-0.3, -0.25) is 4.79 Å². The van der Waals surface area contributed by atoms with Gasteiger partial charge in [0.25, 0.3) is 5.91 Å². The summed E-state index contributed by atoms with van der Waals surface area (Å²) >= 11 is 0. The van der Waals surface area contributed by atoms with Gasteiger partial charge in [-0.2, -0.15) is 4.73 Å². The molecule has 1 amide bonds. The summed E-state index contributed by atoms with van der Waals surface area (Å²) in [5.41, 5.74) is -0.174. The Bertz CT molecular complexity index is 632. The Morgan fingerprint density at radius 2 is 2.25 bits per heavy atom. The number of rotatable bonds is 2. The fourth-order valence-corrected chi connectivity index (χ4v) is 3.57. The fraction of sp³-hybridized carbons (Fsp3) is 0.500. The van der Waals surface area contributed by atoms with Crippen LogP contribution in [0.2, 0.25) is 0 Å². The lowest BCUT2D eigenvalue weighted by molar-refractivity contribution is -0.646. The molecule has 0 saturated carbocycles. The first-order valence-corrected chi connectivity index (χ1v) is 8.57. The van der Waals surface area contributed by atoms with E-state index < -0.39 is 20.0 Å². The topological polar surface area (TPSA) is 81.4 Å². The lowest BCUT2D eigenvalue weighted by atomic mass is 10.00. The normalized spacial score (nSPS) is 19.9. The van der Waals surface area contributed by atoms with Gasteiger partial charge < -0.3 is 10.1 Å². The first-order chi connectivity index (χ1) is 9.30. The number of amides is 1. The van der Waals surface area contributed by atoms with Gasteiger partial charge in [0.1, 0.15) is 5.56 Å². The average molecular weight is 319 g/mol. The van der Waals surface area contributed by atoms with E-state index in [-0.39, 0.29) is 10.3 Å². The largest absolute Gasteiger partial charge is 0.618 e. The highest BCUT2D eigenvalue weighted by Gasteiger charge is 2.33. The van der Waals surface area contributed by atoms with Crippen molar-refractivity contribution in [3.8, 4) is 0 Å². The maximum Gasteiger partial charge on any atom is 0.336 e. The van der Waals surface area contributed by atoms with Crippen molar-refractivity contribution >= 4 is 25.6 Å². The molecule has 8 heteroatoms. The van der Waals surface area contributed by atoms with Crippen molar-refractivity contribution in [1.82, 2.24) is 4.90 Å². The van der Waals surface area contributed by atoms with E-state index in [1.165, 1.54) is 12.1 Å². The van der Waals surface area contributed by atoms with Gasteiger partial charge in [0.15, 0.2) is 6.20 Å². The molecule has 0 aliphatic carbocycles. The molecule has 1 aromatic heterocycles. The van der Waals surface area contributed by atoms with Crippen LogP contribution >= 0.6 is 10.7 Å². The molecule has 1 aromatic rings. The van der Waals surface area contributed by atoms with Gasteiger partial charge in [-0.05, 0) is 24.8 Å². The Morgan fingerprint density at radius 1 is 1.55 bits per heavy atom. The number of halogens is 1. The number of aromatic nitrogens is 1. The van der Waals surface area contributed by atoms with Gasteiger partial charge in [-0.25, -0.2) is 8.42 Å². The lowest BCUT2D eigenvalue weighted by Crippen LogP contribution is -2.42. The molecule has 2 rings (SSSR count). The molecule has 1 aliphatic heterocycles. The van der Waals surface area contributed by atoms with Crippen LogP contribution in [0.5, 0.6) is 0 Å². The first kappa shape index (κ1) is 15.1. The van der Waals surface area contributed by atoms with Crippen LogP contribution in [-0.2, 0) is 9.05 Å². The summed E-state index contributed by atoms with van der Waals surface area (Å²) in [6, 6.07) is 2.64. The third kappa shape index (κ3) is 3.04. The molecule has 0 spiro atoms. The summed E-state index contributed by atoms with van der Waals surface area (Å²) in [5, 5.41) is 10.9. The third-order valence-electron chi connectivity index (χ3n) is 3.32. The molecule has 6 nitrogen and oxygen atoms in total. The van der Waals surface area contributed by atoms with E-state index in [0.29, 0.717) is 19.0 Å². The number of carbonyl (C=O) groups excluding carboxylic acids is 1. The first-order valence-electron chi connectivity index (χ1n) is 6.27. The van der Waals surface area contributed by atoms with Gasteiger partial charge in [0, 0.05) is 29.8 Å². The lowest BCUT2D eigenvalue weighted by Gasteiger charge is -2.30. The minimum atomic E-state index is -4.29. The van der Waals surface area contributed by atoms with Gasteiger partial charge >= 0.3 is 14.1 Å². The Labute approximate surface area is 122 Å². The highest BCUT2D eigenvalue weighted by Crippen LogP contribution is 2.21. The summed E-state index contributed by atoms with van der Waals surface area (Å²) in [4.78, 5) is 14.0. The minimum absolute atomic E-state index is 0.114. The molecular weight excluding hydrogens is 304 g/mol. The van der Waals surface area contributed by atoms with Crippen molar-refractivity contribution < 1.29 is 17.9 Å². The van der Waals surface area contributed by atoms with Crippen molar-refractivity contribution in [3.05, 3.63) is 29.1 Å². The summed E-state index contributed by atoms with van der Waals surface area (Å²) < 4.78 is 23.1. The van der Waals surface area contributed by atoms with E-state index in [2.05, 4.69) is 0 Å². The van der Waals surface area contributed by atoms with Crippen molar-refractivity contribution in [2.45, 2.75) is 24.8 Å². The zero-order valence-electron chi connectivity index (χ0n) is 11.0. The Hall–Kier alpha value is -1.34. The van der Waals surface area contributed by atoms with E-state index in [9.17, 15) is 18.4 Å². The van der Waals surface area contributed by atoms with Crippen LogP contribution in [0.3, 0.4) is 0 Å². The molecule has 1 atom stereocenters. The van der Waals surface area contributed by atoms with Crippen molar-refractivity contribution in [2.75, 3.05) is 13.1 Å². The smallest absolute Gasteiger partial charge is 0.336 e. The van der Waals surface area contributed by atoms with E-state index in [1.807, 2.05) is 6.92 Å². The van der Waals surface area contributed by atoms with E-state index >= 15 is 0 Å². The van der Waals surface area contributed by atoms with E-state index in [1.54, 1.807) is 4.90 Å². The Balaban J connectivity index is 2.43. The molecule has 2 heterocycles. The second-order valence-corrected chi connectivity index (χ2v) is 7.47.